The van der Waals surface area contributed by atoms with Crippen LogP contribution in [-0.4, -0.2) is 49.6 Å². The second-order valence-corrected chi connectivity index (χ2v) is 6.86. The number of ether oxygens (including phenoxy) is 1. The summed E-state index contributed by atoms with van der Waals surface area (Å²) in [7, 11) is 0. The maximum Gasteiger partial charge on any atom is 0.0623 e. The first-order valence-corrected chi connectivity index (χ1v) is 8.57. The molecule has 0 aromatic rings. The van der Waals surface area contributed by atoms with Crippen LogP contribution >= 0.6 is 12.4 Å². The van der Waals surface area contributed by atoms with Gasteiger partial charge >= 0.3 is 0 Å². The highest BCUT2D eigenvalue weighted by atomic mass is 35.5. The normalized spacial score (nSPS) is 40.7. The highest BCUT2D eigenvalue weighted by Gasteiger charge is 2.35. The molecule has 3 fully saturated rings. The van der Waals surface area contributed by atoms with Crippen LogP contribution in [0, 0.1) is 11.8 Å². The van der Waals surface area contributed by atoms with Gasteiger partial charge in [-0.2, -0.15) is 0 Å². The molecule has 0 amide bonds. The lowest BCUT2D eigenvalue weighted by atomic mass is 9.86. The Kier molecular flexibility index (Phi) is 7.23. The quantitative estimate of drug-likeness (QED) is 0.738. The topological polar surface area (TPSA) is 53.5 Å². The molecule has 1 heterocycles. The third-order valence-corrected chi connectivity index (χ3v) is 5.55. The number of hydrogen-bond donors (Lipinski definition) is 3. The fourth-order valence-electron chi connectivity index (χ4n) is 4.31. The molecule has 2 aliphatic carbocycles. The number of morpholine rings is 1. The van der Waals surface area contributed by atoms with Crippen LogP contribution in [0.2, 0.25) is 0 Å². The van der Waals surface area contributed by atoms with E-state index >= 15 is 0 Å². The molecule has 0 bridgehead atoms. The molecule has 5 unspecified atom stereocenters. The first-order valence-electron chi connectivity index (χ1n) is 8.57. The summed E-state index contributed by atoms with van der Waals surface area (Å²) in [5, 5.41) is 17.5. The lowest BCUT2D eigenvalue weighted by Gasteiger charge is -2.34. The van der Waals surface area contributed by atoms with E-state index in [2.05, 4.69) is 10.6 Å². The summed E-state index contributed by atoms with van der Waals surface area (Å²) < 4.78 is 5.62. The smallest absolute Gasteiger partial charge is 0.0623 e. The Morgan fingerprint density at radius 3 is 2.71 bits per heavy atom. The molecule has 3 aliphatic rings. The monoisotopic (exact) mass is 318 g/mol. The van der Waals surface area contributed by atoms with Crippen molar-refractivity contribution in [2.75, 3.05) is 26.3 Å². The van der Waals surface area contributed by atoms with Gasteiger partial charge in [-0.1, -0.05) is 19.3 Å². The summed E-state index contributed by atoms with van der Waals surface area (Å²) in [5.41, 5.74) is 0. The minimum atomic E-state index is -0.0766. The van der Waals surface area contributed by atoms with Gasteiger partial charge in [0.1, 0.15) is 0 Å². The molecule has 1 saturated heterocycles. The van der Waals surface area contributed by atoms with Crippen LogP contribution in [-0.2, 0) is 4.74 Å². The highest BCUT2D eigenvalue weighted by Crippen LogP contribution is 2.30. The fourth-order valence-corrected chi connectivity index (χ4v) is 4.31. The molecule has 1 aliphatic heterocycles. The van der Waals surface area contributed by atoms with Crippen LogP contribution in [0.15, 0.2) is 0 Å². The van der Waals surface area contributed by atoms with Crippen molar-refractivity contribution in [1.82, 2.24) is 10.6 Å². The van der Waals surface area contributed by atoms with Crippen molar-refractivity contribution in [3.05, 3.63) is 0 Å². The Morgan fingerprint density at radius 2 is 1.95 bits per heavy atom. The highest BCUT2D eigenvalue weighted by molar-refractivity contribution is 5.85. The van der Waals surface area contributed by atoms with Crippen molar-refractivity contribution in [2.45, 2.75) is 63.1 Å². The van der Waals surface area contributed by atoms with E-state index in [9.17, 15) is 5.11 Å². The van der Waals surface area contributed by atoms with Crippen LogP contribution in [0.5, 0.6) is 0 Å². The predicted molar refractivity (Wildman–Crippen MR) is 87.0 cm³/mol. The number of aliphatic hydroxyl groups excluding tert-OH is 1. The summed E-state index contributed by atoms with van der Waals surface area (Å²) in [6.07, 6.45) is 8.52. The Balaban J connectivity index is 0.00000161. The van der Waals surface area contributed by atoms with Gasteiger partial charge in [0.05, 0.1) is 19.3 Å². The molecular formula is C16H31ClN2O2. The van der Waals surface area contributed by atoms with Gasteiger partial charge < -0.3 is 20.5 Å². The van der Waals surface area contributed by atoms with Gasteiger partial charge in [-0.3, -0.25) is 0 Å². The average Bonchev–Trinajstić information content (AvgIpc) is 2.96. The zero-order valence-electron chi connectivity index (χ0n) is 12.9. The summed E-state index contributed by atoms with van der Waals surface area (Å²) in [6.45, 7) is 3.72. The Labute approximate surface area is 134 Å². The Bertz CT molecular complexity index is 300. The van der Waals surface area contributed by atoms with Gasteiger partial charge in [0.25, 0.3) is 0 Å². The van der Waals surface area contributed by atoms with Gasteiger partial charge in [0, 0.05) is 25.2 Å². The summed E-state index contributed by atoms with van der Waals surface area (Å²) in [4.78, 5) is 0. The van der Waals surface area contributed by atoms with Crippen LogP contribution in [0.4, 0.5) is 0 Å². The number of halogens is 1. The van der Waals surface area contributed by atoms with E-state index in [4.69, 9.17) is 4.74 Å². The molecule has 0 aromatic carbocycles. The molecule has 2 saturated carbocycles. The molecule has 0 radical (unpaired) electrons. The van der Waals surface area contributed by atoms with Crippen LogP contribution in [0.25, 0.3) is 0 Å². The standard InChI is InChI=1S/C16H30N2O2.ClH/c19-16-7-2-1-4-12(16)10-18-14-6-3-5-13(14)15-11-20-9-8-17-15;/h12-19H,1-11H2;1H. The average molecular weight is 319 g/mol. The van der Waals surface area contributed by atoms with E-state index in [-0.39, 0.29) is 18.5 Å². The maximum atomic E-state index is 10.1. The van der Waals surface area contributed by atoms with Gasteiger partial charge in [-0.05, 0) is 37.5 Å². The van der Waals surface area contributed by atoms with E-state index in [1.165, 1.54) is 38.5 Å². The van der Waals surface area contributed by atoms with Gasteiger partial charge in [-0.25, -0.2) is 0 Å². The lowest BCUT2D eigenvalue weighted by molar-refractivity contribution is 0.0475. The molecule has 4 nitrogen and oxygen atoms in total. The predicted octanol–water partition coefficient (Wildman–Crippen LogP) is 1.71. The minimum absolute atomic E-state index is 0. The Morgan fingerprint density at radius 1 is 1.10 bits per heavy atom. The zero-order chi connectivity index (χ0) is 13.8. The number of aliphatic hydroxyl groups is 1. The molecule has 0 spiro atoms. The first-order chi connectivity index (χ1) is 9.84. The van der Waals surface area contributed by atoms with Crippen molar-refractivity contribution in [2.24, 2.45) is 11.8 Å². The zero-order valence-corrected chi connectivity index (χ0v) is 13.7. The van der Waals surface area contributed by atoms with E-state index < -0.39 is 0 Å². The summed E-state index contributed by atoms with van der Waals surface area (Å²) in [5.74, 6) is 1.18. The van der Waals surface area contributed by atoms with E-state index in [0.29, 0.717) is 23.9 Å². The number of hydrogen-bond acceptors (Lipinski definition) is 4. The molecular weight excluding hydrogens is 288 g/mol. The molecule has 124 valence electrons. The summed E-state index contributed by atoms with van der Waals surface area (Å²) in [6, 6.07) is 1.14. The third-order valence-electron chi connectivity index (χ3n) is 5.55. The van der Waals surface area contributed by atoms with Gasteiger partial charge in [-0.15, -0.1) is 12.4 Å². The van der Waals surface area contributed by atoms with Crippen molar-refractivity contribution in [1.29, 1.82) is 0 Å². The minimum Gasteiger partial charge on any atom is -0.393 e. The molecule has 21 heavy (non-hydrogen) atoms. The molecule has 5 heteroatoms. The van der Waals surface area contributed by atoms with Crippen LogP contribution in [0.1, 0.15) is 44.9 Å². The van der Waals surface area contributed by atoms with Crippen molar-refractivity contribution < 1.29 is 9.84 Å². The second kappa shape index (κ2) is 8.68. The number of nitrogens with one attached hydrogen (secondary N) is 2. The van der Waals surface area contributed by atoms with E-state index in [0.717, 1.165) is 32.7 Å². The van der Waals surface area contributed by atoms with Gasteiger partial charge in [0.15, 0.2) is 0 Å². The van der Waals surface area contributed by atoms with Crippen molar-refractivity contribution >= 4 is 12.4 Å². The van der Waals surface area contributed by atoms with E-state index in [1.54, 1.807) is 0 Å². The maximum absolute atomic E-state index is 10.1. The first kappa shape index (κ1) is 17.5. The summed E-state index contributed by atoms with van der Waals surface area (Å²) >= 11 is 0. The number of rotatable bonds is 4. The van der Waals surface area contributed by atoms with E-state index in [1.807, 2.05) is 0 Å². The van der Waals surface area contributed by atoms with Crippen molar-refractivity contribution in [3.63, 3.8) is 0 Å². The van der Waals surface area contributed by atoms with Crippen molar-refractivity contribution in [3.8, 4) is 0 Å². The molecule has 0 aromatic heterocycles. The Hall–Kier alpha value is 0.130. The molecule has 3 rings (SSSR count). The van der Waals surface area contributed by atoms with Gasteiger partial charge in [0.2, 0.25) is 0 Å². The largest absolute Gasteiger partial charge is 0.393 e. The second-order valence-electron chi connectivity index (χ2n) is 6.86. The fraction of sp³-hybridized carbons (Fsp3) is 1.00. The lowest BCUT2D eigenvalue weighted by Crippen LogP contribution is -2.51. The SMILES string of the molecule is Cl.OC1CCCCC1CNC1CCCC1C1COCCN1. The van der Waals surface area contributed by atoms with Crippen LogP contribution in [0.3, 0.4) is 0 Å². The third kappa shape index (κ3) is 4.55. The molecule has 3 N–H and O–H groups in total. The molecule has 5 atom stereocenters. The van der Waals surface area contributed by atoms with Crippen LogP contribution < -0.4 is 10.6 Å².